The molecule has 0 aromatic carbocycles. The van der Waals surface area contributed by atoms with Gasteiger partial charge in [0.1, 0.15) is 43.3 Å². The molecule has 2 N–H and O–H groups in total. The van der Waals surface area contributed by atoms with Crippen molar-refractivity contribution in [1.29, 1.82) is 10.5 Å². The van der Waals surface area contributed by atoms with Crippen LogP contribution in [0.2, 0.25) is 0 Å². The van der Waals surface area contributed by atoms with E-state index in [9.17, 15) is 29.7 Å². The number of hydrogen-bond donors (Lipinski definition) is 2. The second-order valence-corrected chi connectivity index (χ2v) is 9.08. The van der Waals surface area contributed by atoms with Crippen LogP contribution in [-0.4, -0.2) is 43.0 Å². The highest BCUT2D eigenvalue weighted by molar-refractivity contribution is 7.19. The monoisotopic (exact) mass is 523 g/mol. The number of nitriles is 2. The molecule has 0 aliphatic carbocycles. The molecule has 0 aliphatic heterocycles. The van der Waals surface area contributed by atoms with Crippen LogP contribution in [0.1, 0.15) is 62.6 Å². The number of nitrogens with zero attached hydrogens (tertiary/aromatic N) is 3. The number of nitrogens with one attached hydrogen (secondary N) is 2. The van der Waals surface area contributed by atoms with Crippen LogP contribution in [-0.2, 0) is 9.47 Å². The summed E-state index contributed by atoms with van der Waals surface area (Å²) in [6.45, 7) is 3.13. The molecule has 0 spiro atoms. The molecule has 0 unspecified atom stereocenters. The maximum atomic E-state index is 12.8. The van der Waals surface area contributed by atoms with Crippen LogP contribution in [0.25, 0.3) is 0 Å². The Labute approximate surface area is 212 Å². The van der Waals surface area contributed by atoms with E-state index in [2.05, 4.69) is 15.6 Å². The fourth-order valence-electron chi connectivity index (χ4n) is 3.07. The number of methoxy groups -OCH3 is 2. The molecule has 0 bridgehead atoms. The first kappa shape index (κ1) is 26.0. The summed E-state index contributed by atoms with van der Waals surface area (Å²) in [5, 5.41) is 24.3. The number of pyridine rings is 1. The molecule has 0 fully saturated rings. The van der Waals surface area contributed by atoms with Crippen LogP contribution in [0.5, 0.6) is 0 Å². The lowest BCUT2D eigenvalue weighted by atomic mass is 10.1. The third-order valence-corrected chi connectivity index (χ3v) is 7.30. The minimum Gasteiger partial charge on any atom is -0.465 e. The van der Waals surface area contributed by atoms with Gasteiger partial charge in [-0.05, 0) is 37.1 Å². The molecule has 182 valence electrons. The lowest BCUT2D eigenvalue weighted by Crippen LogP contribution is -2.18. The van der Waals surface area contributed by atoms with Crippen molar-refractivity contribution in [3.8, 4) is 12.1 Å². The Morgan fingerprint density at radius 1 is 0.806 bits per heavy atom. The van der Waals surface area contributed by atoms with Gasteiger partial charge in [-0.1, -0.05) is 6.07 Å². The number of aromatic nitrogens is 1. The fraction of sp³-hybridized carbons (Fsp3) is 0.174. The number of hydrogen-bond acceptors (Lipinski definition) is 11. The Kier molecular flexibility index (Phi) is 7.79. The number of carbonyl (C=O) groups is 4. The van der Waals surface area contributed by atoms with E-state index in [0.717, 1.165) is 22.7 Å². The SMILES string of the molecule is COC(=O)c1sc(NC(=O)c2cccc(C(=O)Nc3sc(C(=O)OC)c(C)c3C#N)n2)c(C#N)c1C. The summed E-state index contributed by atoms with van der Waals surface area (Å²) in [6.07, 6.45) is 0. The molecule has 13 heteroatoms. The molecule has 3 aromatic heterocycles. The largest absolute Gasteiger partial charge is 0.465 e. The zero-order valence-electron chi connectivity index (χ0n) is 19.3. The molecular weight excluding hydrogens is 506 g/mol. The maximum absolute atomic E-state index is 12.8. The van der Waals surface area contributed by atoms with Crippen molar-refractivity contribution in [1.82, 2.24) is 4.98 Å². The molecular formula is C23H17N5O6S2. The summed E-state index contributed by atoms with van der Waals surface area (Å²) >= 11 is 1.77. The molecule has 0 aliphatic rings. The van der Waals surface area contributed by atoms with Gasteiger partial charge in [0.05, 0.1) is 25.3 Å². The Bertz CT molecular complexity index is 1380. The smallest absolute Gasteiger partial charge is 0.348 e. The normalized spacial score (nSPS) is 10.1. The lowest BCUT2D eigenvalue weighted by molar-refractivity contribution is 0.0596. The predicted molar refractivity (Wildman–Crippen MR) is 130 cm³/mol. The summed E-state index contributed by atoms with van der Waals surface area (Å²) < 4.78 is 9.41. The summed E-state index contributed by atoms with van der Waals surface area (Å²) in [7, 11) is 2.42. The van der Waals surface area contributed by atoms with Crippen LogP contribution in [0.15, 0.2) is 18.2 Å². The van der Waals surface area contributed by atoms with Gasteiger partial charge in [-0.3, -0.25) is 9.59 Å². The quantitative estimate of drug-likeness (QED) is 0.458. The van der Waals surface area contributed by atoms with Gasteiger partial charge in [0.25, 0.3) is 11.8 Å². The highest BCUT2D eigenvalue weighted by Gasteiger charge is 2.24. The summed E-state index contributed by atoms with van der Waals surface area (Å²) in [5.41, 5.74) is 0.709. The van der Waals surface area contributed by atoms with E-state index in [1.807, 2.05) is 12.1 Å². The minimum absolute atomic E-state index is 0.112. The first-order chi connectivity index (χ1) is 17.2. The van der Waals surface area contributed by atoms with Gasteiger partial charge in [0.2, 0.25) is 0 Å². The molecule has 2 amide bonds. The van der Waals surface area contributed by atoms with Crippen LogP contribution in [0.4, 0.5) is 10.0 Å². The predicted octanol–water partition coefficient (Wildman–Crippen LogP) is 3.64. The summed E-state index contributed by atoms with van der Waals surface area (Å²) in [6, 6.07) is 8.07. The Balaban J connectivity index is 1.86. The van der Waals surface area contributed by atoms with Crippen molar-refractivity contribution in [2.24, 2.45) is 0 Å². The fourth-order valence-corrected chi connectivity index (χ4v) is 5.21. The zero-order chi connectivity index (χ0) is 26.6. The summed E-state index contributed by atoms with van der Waals surface area (Å²) in [4.78, 5) is 53.9. The van der Waals surface area contributed by atoms with E-state index in [-0.39, 0.29) is 42.3 Å². The molecule has 0 radical (unpaired) electrons. The Morgan fingerprint density at radius 2 is 1.19 bits per heavy atom. The van der Waals surface area contributed by atoms with Crippen molar-refractivity contribution < 1.29 is 28.7 Å². The lowest BCUT2D eigenvalue weighted by Gasteiger charge is -2.06. The standard InChI is InChI=1S/C23H17N5O6S2/c1-10-12(8-24)20(35-16(10)22(31)33-3)27-18(29)14-6-5-7-15(26-14)19(30)28-21-13(9-25)11(2)17(36-21)23(32)34-4/h5-7H,1-4H3,(H,27,29)(H,28,30). The third kappa shape index (κ3) is 4.93. The molecule has 3 aromatic rings. The van der Waals surface area contributed by atoms with Crippen LogP contribution in [0, 0.1) is 36.5 Å². The Hall–Kier alpha value is -4.59. The van der Waals surface area contributed by atoms with Crippen LogP contribution >= 0.6 is 22.7 Å². The maximum Gasteiger partial charge on any atom is 0.348 e. The molecule has 3 heterocycles. The first-order valence-electron chi connectivity index (χ1n) is 10.00. The number of anilines is 2. The summed E-state index contributed by atoms with van der Waals surface area (Å²) in [5.74, 6) is -2.70. The van der Waals surface area contributed by atoms with E-state index in [1.165, 1.54) is 32.4 Å². The van der Waals surface area contributed by atoms with Crippen molar-refractivity contribution in [3.63, 3.8) is 0 Å². The van der Waals surface area contributed by atoms with Crippen LogP contribution in [0.3, 0.4) is 0 Å². The van der Waals surface area contributed by atoms with E-state index in [1.54, 1.807) is 13.8 Å². The average molecular weight is 524 g/mol. The van der Waals surface area contributed by atoms with Crippen LogP contribution < -0.4 is 10.6 Å². The van der Waals surface area contributed by atoms with Gasteiger partial charge in [-0.15, -0.1) is 22.7 Å². The van der Waals surface area contributed by atoms with Gasteiger partial charge in [0, 0.05) is 0 Å². The van der Waals surface area contributed by atoms with Crippen molar-refractivity contribution >= 4 is 56.4 Å². The zero-order valence-corrected chi connectivity index (χ0v) is 21.0. The highest BCUT2D eigenvalue weighted by atomic mass is 32.1. The topological polar surface area (TPSA) is 171 Å². The van der Waals surface area contributed by atoms with Gasteiger partial charge < -0.3 is 20.1 Å². The molecule has 3 rings (SSSR count). The number of esters is 2. The minimum atomic E-state index is -0.712. The van der Waals surface area contributed by atoms with Crippen molar-refractivity contribution in [2.75, 3.05) is 24.9 Å². The van der Waals surface area contributed by atoms with E-state index in [4.69, 9.17) is 9.47 Å². The second-order valence-electron chi connectivity index (χ2n) is 7.04. The number of amides is 2. The first-order valence-corrected chi connectivity index (χ1v) is 11.6. The van der Waals surface area contributed by atoms with E-state index < -0.39 is 23.8 Å². The van der Waals surface area contributed by atoms with Gasteiger partial charge >= 0.3 is 11.9 Å². The van der Waals surface area contributed by atoms with Crippen molar-refractivity contribution in [2.45, 2.75) is 13.8 Å². The second kappa shape index (κ2) is 10.8. The van der Waals surface area contributed by atoms with Gasteiger partial charge in [-0.2, -0.15) is 10.5 Å². The number of thiophene rings is 2. The van der Waals surface area contributed by atoms with Crippen molar-refractivity contribution in [3.05, 3.63) is 61.6 Å². The number of carbonyl (C=O) groups excluding carboxylic acids is 4. The highest BCUT2D eigenvalue weighted by Crippen LogP contribution is 2.34. The molecule has 36 heavy (non-hydrogen) atoms. The number of rotatable bonds is 6. The average Bonchev–Trinajstić information content (AvgIpc) is 3.37. The van der Waals surface area contributed by atoms with Gasteiger partial charge in [0.15, 0.2) is 0 Å². The van der Waals surface area contributed by atoms with Gasteiger partial charge in [-0.25, -0.2) is 14.6 Å². The molecule has 11 nitrogen and oxygen atoms in total. The molecule has 0 saturated carbocycles. The molecule has 0 atom stereocenters. The third-order valence-electron chi connectivity index (χ3n) is 4.93. The number of ether oxygens (including phenoxy) is 2. The molecule has 0 saturated heterocycles. The van der Waals surface area contributed by atoms with E-state index in [0.29, 0.717) is 11.1 Å². The Morgan fingerprint density at radius 3 is 1.53 bits per heavy atom. The van der Waals surface area contributed by atoms with E-state index >= 15 is 0 Å².